The number of benzene rings is 2. The predicted molar refractivity (Wildman–Crippen MR) is 134 cm³/mol. The average Bonchev–Trinajstić information content (AvgIpc) is 3.27. The number of hydrogen-bond acceptors (Lipinski definition) is 7. The van der Waals surface area contributed by atoms with Gasteiger partial charge in [-0.05, 0) is 30.2 Å². The summed E-state index contributed by atoms with van der Waals surface area (Å²) >= 11 is 1.19. The monoisotopic (exact) mass is 492 g/mol. The second-order valence-electron chi connectivity index (χ2n) is 7.21. The van der Waals surface area contributed by atoms with E-state index in [9.17, 15) is 19.2 Å². The number of carbonyl (C=O) groups is 4. The molecule has 0 unspecified atom stereocenters. The molecule has 0 saturated heterocycles. The van der Waals surface area contributed by atoms with Crippen molar-refractivity contribution < 1.29 is 28.7 Å². The molecule has 0 spiro atoms. The van der Waals surface area contributed by atoms with Gasteiger partial charge >= 0.3 is 11.9 Å². The molecule has 0 aliphatic rings. The summed E-state index contributed by atoms with van der Waals surface area (Å²) in [6.45, 7) is 2.51. The van der Waals surface area contributed by atoms with Gasteiger partial charge < -0.3 is 20.1 Å². The van der Waals surface area contributed by atoms with Gasteiger partial charge in [-0.25, -0.2) is 9.59 Å². The van der Waals surface area contributed by atoms with Crippen LogP contribution in [0, 0.1) is 0 Å². The maximum atomic E-state index is 12.6. The first-order valence-corrected chi connectivity index (χ1v) is 11.6. The Hall–Kier alpha value is -4.24. The number of anilines is 1. The molecule has 0 radical (unpaired) electrons. The van der Waals surface area contributed by atoms with Crippen molar-refractivity contribution in [2.75, 3.05) is 18.5 Å². The van der Waals surface area contributed by atoms with Crippen LogP contribution in [0.3, 0.4) is 0 Å². The third kappa shape index (κ3) is 7.38. The predicted octanol–water partition coefficient (Wildman–Crippen LogP) is 4.25. The lowest BCUT2D eigenvalue weighted by Gasteiger charge is -2.10. The topological polar surface area (TPSA) is 111 Å². The van der Waals surface area contributed by atoms with Gasteiger partial charge in [0.25, 0.3) is 5.91 Å². The Morgan fingerprint density at radius 1 is 0.943 bits per heavy atom. The normalized spacial score (nSPS) is 10.9. The molecule has 0 bridgehead atoms. The fourth-order valence-electron chi connectivity index (χ4n) is 3.02. The summed E-state index contributed by atoms with van der Waals surface area (Å²) in [6, 6.07) is 19.9. The van der Waals surface area contributed by atoms with Crippen molar-refractivity contribution in [3.8, 4) is 10.4 Å². The standard InChI is InChI=1S/C26H24N2O6S/c1-3-33-26(32)24-20(15-22(35-24)19-12-8-5-9-13-19)28-23(30)16-34-25(31)21(27-17(2)29)14-18-10-6-4-7-11-18/h4-15H,3,16H2,1-2H3,(H,27,29)(H,28,30)/b21-14-. The van der Waals surface area contributed by atoms with Gasteiger partial charge in [-0.2, -0.15) is 0 Å². The van der Waals surface area contributed by atoms with E-state index in [1.54, 1.807) is 37.3 Å². The number of ether oxygens (including phenoxy) is 2. The molecule has 3 rings (SSSR count). The lowest BCUT2D eigenvalue weighted by molar-refractivity contribution is -0.144. The Balaban J connectivity index is 1.72. The van der Waals surface area contributed by atoms with E-state index in [0.717, 1.165) is 10.4 Å². The summed E-state index contributed by atoms with van der Waals surface area (Å²) in [6.07, 6.45) is 1.45. The van der Waals surface area contributed by atoms with Gasteiger partial charge in [0.15, 0.2) is 6.61 Å². The van der Waals surface area contributed by atoms with Crippen LogP contribution in [0.1, 0.15) is 29.1 Å². The van der Waals surface area contributed by atoms with Crippen LogP contribution in [0.15, 0.2) is 72.4 Å². The maximum absolute atomic E-state index is 12.6. The highest BCUT2D eigenvalue weighted by Crippen LogP contribution is 2.35. The van der Waals surface area contributed by atoms with E-state index >= 15 is 0 Å². The van der Waals surface area contributed by atoms with E-state index in [0.29, 0.717) is 5.56 Å². The summed E-state index contributed by atoms with van der Waals surface area (Å²) in [5.41, 5.74) is 1.70. The van der Waals surface area contributed by atoms with Crippen molar-refractivity contribution in [2.24, 2.45) is 0 Å². The van der Waals surface area contributed by atoms with Gasteiger partial charge in [0.2, 0.25) is 5.91 Å². The zero-order chi connectivity index (χ0) is 25.2. The molecule has 2 amide bonds. The Bertz CT molecular complexity index is 1240. The first-order chi connectivity index (χ1) is 16.9. The second-order valence-corrected chi connectivity index (χ2v) is 8.27. The number of thiophene rings is 1. The quantitative estimate of drug-likeness (QED) is 0.341. The molecule has 2 aromatic carbocycles. The summed E-state index contributed by atoms with van der Waals surface area (Å²) in [4.78, 5) is 50.0. The molecular weight excluding hydrogens is 468 g/mol. The van der Waals surface area contributed by atoms with Crippen molar-refractivity contribution >= 4 is 46.9 Å². The van der Waals surface area contributed by atoms with Crippen LogP contribution in [0.2, 0.25) is 0 Å². The SMILES string of the molecule is CCOC(=O)c1sc(-c2ccccc2)cc1NC(=O)COC(=O)/C(=C/c1ccccc1)NC(C)=O. The molecule has 0 fully saturated rings. The second kappa shape index (κ2) is 12.3. The third-order valence-electron chi connectivity index (χ3n) is 4.50. The first kappa shape index (κ1) is 25.4. The van der Waals surface area contributed by atoms with E-state index in [2.05, 4.69) is 10.6 Å². The van der Waals surface area contributed by atoms with Gasteiger partial charge in [0, 0.05) is 11.8 Å². The summed E-state index contributed by atoms with van der Waals surface area (Å²) in [5.74, 6) is -2.55. The van der Waals surface area contributed by atoms with E-state index in [-0.39, 0.29) is 22.9 Å². The molecule has 3 aromatic rings. The first-order valence-electron chi connectivity index (χ1n) is 10.7. The Morgan fingerprint density at radius 2 is 1.60 bits per heavy atom. The highest BCUT2D eigenvalue weighted by molar-refractivity contribution is 7.18. The minimum atomic E-state index is -0.875. The van der Waals surface area contributed by atoms with Crippen LogP contribution in [-0.4, -0.2) is 37.0 Å². The highest BCUT2D eigenvalue weighted by Gasteiger charge is 2.21. The Labute approximate surface area is 206 Å². The van der Waals surface area contributed by atoms with Crippen LogP contribution in [0.25, 0.3) is 16.5 Å². The number of amides is 2. The molecule has 1 aromatic heterocycles. The van der Waals surface area contributed by atoms with Gasteiger partial charge in [-0.3, -0.25) is 9.59 Å². The van der Waals surface area contributed by atoms with Crippen molar-refractivity contribution in [1.29, 1.82) is 0 Å². The number of esters is 2. The maximum Gasteiger partial charge on any atom is 0.355 e. The zero-order valence-corrected chi connectivity index (χ0v) is 20.0. The van der Waals surface area contributed by atoms with Crippen LogP contribution in [0.4, 0.5) is 5.69 Å². The minimum absolute atomic E-state index is 0.106. The van der Waals surface area contributed by atoms with Gasteiger partial charge in [-0.15, -0.1) is 11.3 Å². The average molecular weight is 493 g/mol. The molecule has 0 aliphatic heterocycles. The molecule has 8 nitrogen and oxygen atoms in total. The fraction of sp³-hybridized carbons (Fsp3) is 0.154. The molecule has 9 heteroatoms. The smallest absolute Gasteiger partial charge is 0.355 e. The number of nitrogens with one attached hydrogen (secondary N) is 2. The fourth-order valence-corrected chi connectivity index (χ4v) is 4.04. The lowest BCUT2D eigenvalue weighted by atomic mass is 10.2. The number of carbonyl (C=O) groups excluding carboxylic acids is 4. The number of hydrogen-bond donors (Lipinski definition) is 2. The molecule has 0 atom stereocenters. The summed E-state index contributed by atoms with van der Waals surface area (Å²) < 4.78 is 10.2. The van der Waals surface area contributed by atoms with E-state index in [1.807, 2.05) is 36.4 Å². The van der Waals surface area contributed by atoms with Crippen LogP contribution in [0.5, 0.6) is 0 Å². The van der Waals surface area contributed by atoms with Crippen molar-refractivity contribution in [3.63, 3.8) is 0 Å². The van der Waals surface area contributed by atoms with Crippen molar-refractivity contribution in [2.45, 2.75) is 13.8 Å². The van der Waals surface area contributed by atoms with Crippen LogP contribution in [-0.2, 0) is 23.9 Å². The van der Waals surface area contributed by atoms with Gasteiger partial charge in [-0.1, -0.05) is 60.7 Å². The Morgan fingerprint density at radius 3 is 2.23 bits per heavy atom. The molecule has 0 aliphatic carbocycles. The van der Waals surface area contributed by atoms with Crippen LogP contribution >= 0.6 is 11.3 Å². The molecule has 180 valence electrons. The highest BCUT2D eigenvalue weighted by atomic mass is 32.1. The van der Waals surface area contributed by atoms with Crippen molar-refractivity contribution in [3.05, 3.63) is 82.9 Å². The van der Waals surface area contributed by atoms with Crippen LogP contribution < -0.4 is 10.6 Å². The molecule has 1 heterocycles. The Kier molecular flexibility index (Phi) is 8.91. The zero-order valence-electron chi connectivity index (χ0n) is 19.2. The summed E-state index contributed by atoms with van der Waals surface area (Å²) in [5, 5.41) is 5.03. The summed E-state index contributed by atoms with van der Waals surface area (Å²) in [7, 11) is 0. The molecule has 0 saturated carbocycles. The van der Waals surface area contributed by atoms with Gasteiger partial charge in [0.05, 0.1) is 12.3 Å². The van der Waals surface area contributed by atoms with E-state index in [4.69, 9.17) is 9.47 Å². The molecule has 35 heavy (non-hydrogen) atoms. The molecule has 2 N–H and O–H groups in total. The van der Waals surface area contributed by atoms with E-state index < -0.39 is 30.4 Å². The van der Waals surface area contributed by atoms with E-state index in [1.165, 1.54) is 24.3 Å². The van der Waals surface area contributed by atoms with Crippen molar-refractivity contribution in [1.82, 2.24) is 5.32 Å². The minimum Gasteiger partial charge on any atom is -0.462 e. The largest absolute Gasteiger partial charge is 0.462 e. The lowest BCUT2D eigenvalue weighted by Crippen LogP contribution is -2.29. The van der Waals surface area contributed by atoms with Gasteiger partial charge in [0.1, 0.15) is 10.6 Å². The third-order valence-corrected chi connectivity index (χ3v) is 5.67. The molecular formula is C26H24N2O6S. The number of rotatable bonds is 9.